The number of hydrogen-bond donors (Lipinski definition) is 0. The van der Waals surface area contributed by atoms with Gasteiger partial charge in [-0.2, -0.15) is 15.0 Å². The minimum atomic E-state index is -1.01. The number of benzene rings is 1. The van der Waals surface area contributed by atoms with Crippen LogP contribution in [0.1, 0.15) is 19.4 Å². The largest absolute Gasteiger partial charge is 0.344 e. The van der Waals surface area contributed by atoms with Gasteiger partial charge in [0.1, 0.15) is 16.7 Å². The van der Waals surface area contributed by atoms with Gasteiger partial charge in [0.15, 0.2) is 11.6 Å². The number of halogens is 2. The maximum Gasteiger partial charge on any atom is 0.344 e. The van der Waals surface area contributed by atoms with Crippen molar-refractivity contribution in [2.24, 2.45) is 0 Å². The van der Waals surface area contributed by atoms with Crippen molar-refractivity contribution in [1.82, 2.24) is 14.7 Å². The fourth-order valence-electron chi connectivity index (χ4n) is 1.91. The highest BCUT2D eigenvalue weighted by Gasteiger charge is 2.19. The van der Waals surface area contributed by atoms with Crippen LogP contribution in [0.15, 0.2) is 34.3 Å². The smallest absolute Gasteiger partial charge is 0.323 e. The summed E-state index contributed by atoms with van der Waals surface area (Å²) in [5.41, 5.74) is 0.124. The Labute approximate surface area is 136 Å². The van der Waals surface area contributed by atoms with Crippen molar-refractivity contribution in [3.05, 3.63) is 41.6 Å². The van der Waals surface area contributed by atoms with Crippen LogP contribution in [0.3, 0.4) is 0 Å². The third-order valence-corrected chi connectivity index (χ3v) is 4.18. The minimum absolute atomic E-state index is 0.00189. The Kier molecular flexibility index (Phi) is 5.34. The van der Waals surface area contributed by atoms with Gasteiger partial charge in [0.05, 0.1) is 11.1 Å². The van der Waals surface area contributed by atoms with E-state index >= 15 is 0 Å². The van der Waals surface area contributed by atoms with E-state index in [1.54, 1.807) is 0 Å². The number of nitrogens with zero attached hydrogens (tertiary/aromatic N) is 4. The monoisotopic (exact) mass is 336 g/mol. The van der Waals surface area contributed by atoms with E-state index in [0.717, 1.165) is 22.5 Å². The summed E-state index contributed by atoms with van der Waals surface area (Å²) in [7, 11) is 0. The van der Waals surface area contributed by atoms with Crippen LogP contribution in [0, 0.1) is 23.0 Å². The van der Waals surface area contributed by atoms with Gasteiger partial charge in [-0.25, -0.2) is 13.6 Å². The van der Waals surface area contributed by atoms with Crippen LogP contribution in [-0.4, -0.2) is 33.8 Å². The molecule has 2 rings (SSSR count). The second kappa shape index (κ2) is 7.24. The lowest BCUT2D eigenvalue weighted by Gasteiger charge is -2.17. The molecule has 120 valence electrons. The molecule has 23 heavy (non-hydrogen) atoms. The summed E-state index contributed by atoms with van der Waals surface area (Å²) in [5.74, 6) is -1.99. The van der Waals surface area contributed by atoms with Crippen molar-refractivity contribution in [2.45, 2.75) is 23.8 Å². The quantitative estimate of drug-likeness (QED) is 0.857. The summed E-state index contributed by atoms with van der Waals surface area (Å²) >= 11 is 0.805. The maximum absolute atomic E-state index is 13.7. The summed E-state index contributed by atoms with van der Waals surface area (Å²) in [6, 6.07) is 5.29. The third kappa shape index (κ3) is 3.51. The zero-order valence-corrected chi connectivity index (χ0v) is 13.4. The molecule has 0 radical (unpaired) electrons. The van der Waals surface area contributed by atoms with E-state index < -0.39 is 11.6 Å². The second-order valence-electron chi connectivity index (χ2n) is 4.51. The zero-order valence-electron chi connectivity index (χ0n) is 12.6. The lowest BCUT2D eigenvalue weighted by molar-refractivity contribution is 0.201. The van der Waals surface area contributed by atoms with Gasteiger partial charge in [0.25, 0.3) is 0 Å². The Morgan fingerprint density at radius 1 is 1.39 bits per heavy atom. The van der Waals surface area contributed by atoms with Crippen molar-refractivity contribution < 1.29 is 13.6 Å². The van der Waals surface area contributed by atoms with Gasteiger partial charge in [0.2, 0.25) is 0 Å². The average molecular weight is 336 g/mol. The molecule has 1 aromatic carbocycles. The number of aromatic nitrogens is 2. The number of nitriles is 1. The fraction of sp³-hybridized carbons (Fsp3) is 0.267. The standard InChI is InChI=1S/C15H14F2N4OS/c1-3-20(4-2)15(22)21-9-10(8-18)14(19-21)23-12-7-5-6-11(16)13(12)17/h5-7,9H,3-4H2,1-2H3. The van der Waals surface area contributed by atoms with Crippen molar-refractivity contribution in [1.29, 1.82) is 5.26 Å². The van der Waals surface area contributed by atoms with E-state index in [0.29, 0.717) is 13.1 Å². The van der Waals surface area contributed by atoms with Crippen LogP contribution in [-0.2, 0) is 0 Å². The van der Waals surface area contributed by atoms with E-state index in [2.05, 4.69) is 5.10 Å². The number of hydrogen-bond acceptors (Lipinski definition) is 4. The molecule has 0 atom stereocenters. The first-order valence-corrected chi connectivity index (χ1v) is 7.74. The van der Waals surface area contributed by atoms with Gasteiger partial charge in [-0.3, -0.25) is 0 Å². The van der Waals surface area contributed by atoms with Gasteiger partial charge >= 0.3 is 6.03 Å². The van der Waals surface area contributed by atoms with E-state index in [9.17, 15) is 13.6 Å². The molecule has 0 fully saturated rings. The predicted octanol–water partition coefficient (Wildman–Crippen LogP) is 3.49. The molecule has 0 N–H and O–H groups in total. The van der Waals surface area contributed by atoms with Gasteiger partial charge in [0, 0.05) is 13.1 Å². The van der Waals surface area contributed by atoms with Gasteiger partial charge < -0.3 is 4.90 Å². The van der Waals surface area contributed by atoms with E-state index in [1.807, 2.05) is 19.9 Å². The third-order valence-electron chi connectivity index (χ3n) is 3.15. The zero-order chi connectivity index (χ0) is 17.0. The summed E-state index contributed by atoms with van der Waals surface area (Å²) in [6.45, 7) is 4.65. The molecule has 1 amide bonds. The molecule has 2 aromatic rings. The van der Waals surface area contributed by atoms with Crippen LogP contribution in [0.2, 0.25) is 0 Å². The van der Waals surface area contributed by atoms with Gasteiger partial charge in [-0.15, -0.1) is 0 Å². The Morgan fingerprint density at radius 2 is 2.09 bits per heavy atom. The summed E-state index contributed by atoms with van der Waals surface area (Å²) in [6.07, 6.45) is 1.29. The lowest BCUT2D eigenvalue weighted by Crippen LogP contribution is -2.34. The Hall–Kier alpha value is -2.40. The van der Waals surface area contributed by atoms with Gasteiger partial charge in [-0.1, -0.05) is 17.8 Å². The van der Waals surface area contributed by atoms with E-state index in [-0.39, 0.29) is 21.5 Å². The van der Waals surface area contributed by atoms with Crippen LogP contribution < -0.4 is 0 Å². The number of amides is 1. The van der Waals surface area contributed by atoms with Crippen molar-refractivity contribution in [3.8, 4) is 6.07 Å². The first kappa shape index (κ1) is 17.0. The molecule has 5 nitrogen and oxygen atoms in total. The SMILES string of the molecule is CCN(CC)C(=O)n1cc(C#N)c(Sc2cccc(F)c2F)n1. The Morgan fingerprint density at radius 3 is 2.70 bits per heavy atom. The highest BCUT2D eigenvalue weighted by molar-refractivity contribution is 7.99. The van der Waals surface area contributed by atoms with Crippen molar-refractivity contribution in [2.75, 3.05) is 13.1 Å². The molecule has 0 saturated carbocycles. The molecule has 0 unspecified atom stereocenters. The second-order valence-corrected chi connectivity index (χ2v) is 5.54. The van der Waals surface area contributed by atoms with Gasteiger partial charge in [-0.05, 0) is 26.0 Å². The molecular formula is C15H14F2N4OS. The predicted molar refractivity (Wildman–Crippen MR) is 81.1 cm³/mol. The van der Waals surface area contributed by atoms with Crippen LogP contribution in [0.5, 0.6) is 0 Å². The maximum atomic E-state index is 13.7. The number of carbonyl (C=O) groups is 1. The minimum Gasteiger partial charge on any atom is -0.323 e. The molecule has 1 heterocycles. The first-order valence-electron chi connectivity index (χ1n) is 6.92. The summed E-state index contributed by atoms with van der Waals surface area (Å²) < 4.78 is 28.0. The molecule has 0 aliphatic carbocycles. The molecule has 1 aromatic heterocycles. The highest BCUT2D eigenvalue weighted by Crippen LogP contribution is 2.31. The molecule has 0 bridgehead atoms. The first-order chi connectivity index (χ1) is 11.0. The number of carbonyl (C=O) groups excluding carboxylic acids is 1. The number of rotatable bonds is 4. The van der Waals surface area contributed by atoms with Crippen LogP contribution in [0.25, 0.3) is 0 Å². The molecule has 0 spiro atoms. The molecule has 0 saturated heterocycles. The fourth-order valence-corrected chi connectivity index (χ4v) is 2.79. The molecule has 0 aliphatic rings. The molecule has 8 heteroatoms. The van der Waals surface area contributed by atoms with Crippen LogP contribution >= 0.6 is 11.8 Å². The Bertz CT molecular complexity index is 765. The normalized spacial score (nSPS) is 10.4. The molecular weight excluding hydrogens is 322 g/mol. The van der Waals surface area contributed by atoms with Crippen LogP contribution in [0.4, 0.5) is 13.6 Å². The van der Waals surface area contributed by atoms with E-state index in [1.165, 1.54) is 23.2 Å². The Balaban J connectivity index is 2.35. The lowest BCUT2D eigenvalue weighted by atomic mass is 10.3. The summed E-state index contributed by atoms with van der Waals surface area (Å²) in [4.78, 5) is 13.8. The molecule has 0 aliphatic heterocycles. The highest BCUT2D eigenvalue weighted by atomic mass is 32.2. The van der Waals surface area contributed by atoms with E-state index in [4.69, 9.17) is 5.26 Å². The van der Waals surface area contributed by atoms with Crippen molar-refractivity contribution >= 4 is 17.8 Å². The van der Waals surface area contributed by atoms with Crippen molar-refractivity contribution in [3.63, 3.8) is 0 Å². The average Bonchev–Trinajstić information content (AvgIpc) is 2.96. The summed E-state index contributed by atoms with van der Waals surface area (Å²) in [5, 5.41) is 13.4. The topological polar surface area (TPSA) is 61.9 Å².